The van der Waals surface area contributed by atoms with Crippen LogP contribution < -0.4 is 0 Å². The van der Waals surface area contributed by atoms with Crippen LogP contribution in [0.25, 0.3) is 5.69 Å². The molecule has 1 aromatic carbocycles. The first-order valence-electron chi connectivity index (χ1n) is 9.33. The van der Waals surface area contributed by atoms with Crippen LogP contribution in [0.3, 0.4) is 0 Å². The van der Waals surface area contributed by atoms with Gasteiger partial charge in [0.05, 0.1) is 29.3 Å². The highest BCUT2D eigenvalue weighted by Gasteiger charge is 2.34. The molecule has 1 atom stereocenters. The number of nitrogens with zero attached hydrogens (tertiary/aromatic N) is 6. The molecule has 2 saturated heterocycles. The van der Waals surface area contributed by atoms with Gasteiger partial charge < -0.3 is 0 Å². The van der Waals surface area contributed by atoms with Crippen molar-refractivity contribution in [2.24, 2.45) is 0 Å². The number of alkyl halides is 3. The van der Waals surface area contributed by atoms with Gasteiger partial charge in [-0.15, -0.1) is 5.10 Å². The third-order valence-corrected chi connectivity index (χ3v) is 7.22. The lowest BCUT2D eigenvalue weighted by molar-refractivity contribution is -0.137. The maximum Gasteiger partial charge on any atom is 0.416 e. The predicted octanol–water partition coefficient (Wildman–Crippen LogP) is 0.986. The van der Waals surface area contributed by atoms with Crippen molar-refractivity contribution in [2.75, 3.05) is 37.7 Å². The summed E-state index contributed by atoms with van der Waals surface area (Å²) in [7, 11) is -2.90. The van der Waals surface area contributed by atoms with Crippen LogP contribution in [0, 0.1) is 0 Å². The minimum atomic E-state index is -4.39. The first kappa shape index (κ1) is 20.2. The average molecular weight is 430 g/mol. The van der Waals surface area contributed by atoms with Crippen LogP contribution in [-0.4, -0.2) is 82.2 Å². The lowest BCUT2D eigenvalue weighted by atomic mass is 10.2. The number of piperazine rings is 1. The van der Waals surface area contributed by atoms with Crippen LogP contribution >= 0.6 is 0 Å². The summed E-state index contributed by atoms with van der Waals surface area (Å²) in [6.07, 6.45) is -3.70. The molecule has 158 valence electrons. The van der Waals surface area contributed by atoms with Gasteiger partial charge in [0.15, 0.2) is 15.7 Å². The largest absolute Gasteiger partial charge is 0.416 e. The Kier molecular flexibility index (Phi) is 5.34. The van der Waals surface area contributed by atoms with E-state index in [0.29, 0.717) is 24.5 Å². The molecule has 0 spiro atoms. The Labute approximate surface area is 166 Å². The molecule has 8 nitrogen and oxygen atoms in total. The van der Waals surface area contributed by atoms with Crippen LogP contribution in [-0.2, 0) is 22.6 Å². The first-order chi connectivity index (χ1) is 13.7. The second-order valence-corrected chi connectivity index (χ2v) is 9.65. The summed E-state index contributed by atoms with van der Waals surface area (Å²) in [6.45, 7) is 3.49. The maximum absolute atomic E-state index is 12.7. The fraction of sp³-hybridized carbons (Fsp3) is 0.588. The minimum Gasteiger partial charge on any atom is -0.297 e. The zero-order valence-corrected chi connectivity index (χ0v) is 16.4. The van der Waals surface area contributed by atoms with Crippen molar-refractivity contribution in [2.45, 2.75) is 25.2 Å². The van der Waals surface area contributed by atoms with E-state index >= 15 is 0 Å². The van der Waals surface area contributed by atoms with Crippen molar-refractivity contribution < 1.29 is 21.6 Å². The van der Waals surface area contributed by atoms with E-state index in [2.05, 4.69) is 25.3 Å². The third-order valence-electron chi connectivity index (χ3n) is 5.47. The van der Waals surface area contributed by atoms with Crippen molar-refractivity contribution in [3.8, 4) is 5.69 Å². The van der Waals surface area contributed by atoms with Crippen LogP contribution in [0.15, 0.2) is 24.3 Å². The summed E-state index contributed by atoms with van der Waals surface area (Å²) in [5, 5.41) is 11.6. The van der Waals surface area contributed by atoms with Crippen LogP contribution in [0.4, 0.5) is 13.2 Å². The average Bonchev–Trinajstić information content (AvgIpc) is 3.28. The molecule has 0 saturated carbocycles. The zero-order valence-electron chi connectivity index (χ0n) is 15.6. The van der Waals surface area contributed by atoms with Gasteiger partial charge in [-0.1, -0.05) is 0 Å². The molecule has 12 heteroatoms. The standard InChI is InChI=1S/C17H21F3N6O2S/c18-17(19,20)13-1-3-14(4-2-13)26-16(21-22-23-26)11-24-6-8-25(9-7-24)15-5-10-29(27,28)12-15/h1-4,15H,5-12H2. The Balaban J connectivity index is 1.38. The Morgan fingerprint density at radius 2 is 1.76 bits per heavy atom. The summed E-state index contributed by atoms with van der Waals surface area (Å²) in [4.78, 5) is 4.38. The minimum absolute atomic E-state index is 0.0969. The van der Waals surface area contributed by atoms with Gasteiger partial charge in [-0.2, -0.15) is 17.9 Å². The van der Waals surface area contributed by atoms with E-state index in [9.17, 15) is 21.6 Å². The molecule has 1 unspecified atom stereocenters. The number of tetrazole rings is 1. The highest BCUT2D eigenvalue weighted by Crippen LogP contribution is 2.29. The van der Waals surface area contributed by atoms with Gasteiger partial charge >= 0.3 is 6.18 Å². The quantitative estimate of drug-likeness (QED) is 0.715. The van der Waals surface area contributed by atoms with Crippen LogP contribution in [0.5, 0.6) is 0 Å². The summed E-state index contributed by atoms with van der Waals surface area (Å²) >= 11 is 0. The number of hydrogen-bond donors (Lipinski definition) is 0. The van der Waals surface area contributed by atoms with Crippen molar-refractivity contribution in [1.82, 2.24) is 30.0 Å². The van der Waals surface area contributed by atoms with E-state index < -0.39 is 21.6 Å². The molecule has 2 aliphatic heterocycles. The summed E-state index contributed by atoms with van der Waals surface area (Å²) in [5.74, 6) is 1.04. The SMILES string of the molecule is O=S1(=O)CCC(N2CCN(Cc3nnnn3-c3ccc(C(F)(F)F)cc3)CC2)C1. The highest BCUT2D eigenvalue weighted by atomic mass is 32.2. The number of rotatable bonds is 4. The molecular weight excluding hydrogens is 409 g/mol. The molecule has 0 N–H and O–H groups in total. The Morgan fingerprint density at radius 1 is 1.07 bits per heavy atom. The Hall–Kier alpha value is -2.05. The van der Waals surface area contributed by atoms with Gasteiger partial charge in [-0.25, -0.2) is 8.42 Å². The molecule has 0 amide bonds. The van der Waals surface area contributed by atoms with Gasteiger partial charge in [0.2, 0.25) is 0 Å². The molecule has 0 bridgehead atoms. The van der Waals surface area contributed by atoms with E-state index in [0.717, 1.165) is 38.3 Å². The molecule has 2 fully saturated rings. The van der Waals surface area contributed by atoms with E-state index in [1.165, 1.54) is 16.8 Å². The van der Waals surface area contributed by atoms with Gasteiger partial charge in [0.25, 0.3) is 0 Å². The van der Waals surface area contributed by atoms with Crippen molar-refractivity contribution in [3.63, 3.8) is 0 Å². The van der Waals surface area contributed by atoms with Crippen molar-refractivity contribution >= 4 is 9.84 Å². The van der Waals surface area contributed by atoms with Gasteiger partial charge in [-0.05, 0) is 41.1 Å². The molecule has 2 aromatic rings. The topological polar surface area (TPSA) is 84.2 Å². The number of aromatic nitrogens is 4. The second-order valence-electron chi connectivity index (χ2n) is 7.42. The molecular formula is C17H21F3N6O2S. The molecule has 29 heavy (non-hydrogen) atoms. The fourth-order valence-corrected chi connectivity index (χ4v) is 5.61. The smallest absolute Gasteiger partial charge is 0.297 e. The molecule has 4 rings (SSSR count). The van der Waals surface area contributed by atoms with Gasteiger partial charge in [-0.3, -0.25) is 9.80 Å². The van der Waals surface area contributed by atoms with E-state index in [-0.39, 0.29) is 17.5 Å². The maximum atomic E-state index is 12.7. The fourth-order valence-electron chi connectivity index (χ4n) is 3.85. The monoisotopic (exact) mass is 430 g/mol. The molecule has 2 aliphatic rings. The summed E-state index contributed by atoms with van der Waals surface area (Å²) < 4.78 is 63.0. The lowest BCUT2D eigenvalue weighted by Crippen LogP contribution is -2.50. The van der Waals surface area contributed by atoms with Crippen molar-refractivity contribution in [3.05, 3.63) is 35.7 Å². The van der Waals surface area contributed by atoms with E-state index in [1.54, 1.807) is 0 Å². The number of benzene rings is 1. The Morgan fingerprint density at radius 3 is 2.34 bits per heavy atom. The van der Waals surface area contributed by atoms with Crippen molar-refractivity contribution in [1.29, 1.82) is 0 Å². The van der Waals surface area contributed by atoms with E-state index in [4.69, 9.17) is 0 Å². The predicted molar refractivity (Wildman–Crippen MR) is 98.1 cm³/mol. The van der Waals surface area contributed by atoms with E-state index in [1.807, 2.05) is 0 Å². The number of sulfone groups is 1. The first-order valence-corrected chi connectivity index (χ1v) is 11.2. The summed E-state index contributed by atoms with van der Waals surface area (Å²) in [5.41, 5.74) is -0.256. The zero-order chi connectivity index (χ0) is 20.6. The molecule has 3 heterocycles. The highest BCUT2D eigenvalue weighted by molar-refractivity contribution is 7.91. The Bertz CT molecular complexity index is 952. The molecule has 0 radical (unpaired) electrons. The van der Waals surface area contributed by atoms with Gasteiger partial charge in [0.1, 0.15) is 0 Å². The third kappa shape index (κ3) is 4.59. The normalized spacial score (nSPS) is 23.5. The number of hydrogen-bond acceptors (Lipinski definition) is 7. The van der Waals surface area contributed by atoms with Crippen LogP contribution in [0.2, 0.25) is 0 Å². The molecule has 0 aliphatic carbocycles. The van der Waals surface area contributed by atoms with Crippen LogP contribution in [0.1, 0.15) is 17.8 Å². The second kappa shape index (κ2) is 7.65. The number of halogens is 3. The summed E-state index contributed by atoms with van der Waals surface area (Å²) in [6, 6.07) is 4.81. The van der Waals surface area contributed by atoms with Gasteiger partial charge in [0, 0.05) is 32.2 Å². The lowest BCUT2D eigenvalue weighted by Gasteiger charge is -2.37. The molecule has 1 aromatic heterocycles.